The van der Waals surface area contributed by atoms with Gasteiger partial charge in [-0.15, -0.1) is 0 Å². The molecule has 90 valence electrons. The molecule has 0 spiro atoms. The van der Waals surface area contributed by atoms with E-state index in [1.54, 1.807) is 0 Å². The van der Waals surface area contributed by atoms with Crippen LogP contribution in [0.15, 0.2) is 12.1 Å². The van der Waals surface area contributed by atoms with Crippen LogP contribution in [0.3, 0.4) is 0 Å². The van der Waals surface area contributed by atoms with Crippen molar-refractivity contribution in [3.8, 4) is 5.75 Å². The van der Waals surface area contributed by atoms with Crippen LogP contribution in [0.1, 0.15) is 27.2 Å². The minimum atomic E-state index is -0.525. The van der Waals surface area contributed by atoms with E-state index in [1.807, 2.05) is 6.92 Å². The molecule has 0 aromatic heterocycles. The van der Waals surface area contributed by atoms with Crippen LogP contribution in [0.4, 0.5) is 10.1 Å². The van der Waals surface area contributed by atoms with Crippen molar-refractivity contribution in [1.29, 1.82) is 0 Å². The summed E-state index contributed by atoms with van der Waals surface area (Å²) < 4.78 is 18.7. The molecule has 0 aliphatic heterocycles. The number of rotatable bonds is 4. The zero-order valence-corrected chi connectivity index (χ0v) is 10.5. The molecule has 0 heterocycles. The van der Waals surface area contributed by atoms with E-state index in [9.17, 15) is 4.39 Å². The maximum atomic E-state index is 13.0. The van der Waals surface area contributed by atoms with E-state index in [2.05, 4.69) is 13.8 Å². The summed E-state index contributed by atoms with van der Waals surface area (Å²) in [6.07, 6.45) is 0.942. The summed E-state index contributed by atoms with van der Waals surface area (Å²) in [4.78, 5) is 0. The third kappa shape index (κ3) is 3.56. The van der Waals surface area contributed by atoms with Crippen LogP contribution >= 0.6 is 11.6 Å². The number of hydrogen-bond acceptors (Lipinski definition) is 2. The van der Waals surface area contributed by atoms with E-state index in [0.717, 1.165) is 6.42 Å². The SMILES string of the molecule is CC(C)CC(C)Oc1cc(Cl)c(F)cc1N. The number of nitrogen functional groups attached to an aromatic ring is 1. The van der Waals surface area contributed by atoms with E-state index in [-0.39, 0.29) is 16.8 Å². The number of anilines is 1. The summed E-state index contributed by atoms with van der Waals surface area (Å²) in [6.45, 7) is 6.18. The van der Waals surface area contributed by atoms with Crippen LogP contribution in [0.5, 0.6) is 5.75 Å². The first kappa shape index (κ1) is 13.1. The van der Waals surface area contributed by atoms with Crippen molar-refractivity contribution in [2.24, 2.45) is 5.92 Å². The van der Waals surface area contributed by atoms with Gasteiger partial charge in [0.25, 0.3) is 0 Å². The van der Waals surface area contributed by atoms with Gasteiger partial charge in [0.1, 0.15) is 11.6 Å². The van der Waals surface area contributed by atoms with Gasteiger partial charge in [-0.25, -0.2) is 4.39 Å². The molecule has 1 unspecified atom stereocenters. The Kier molecular flexibility index (Phi) is 4.42. The first-order chi connectivity index (χ1) is 7.40. The highest BCUT2D eigenvalue weighted by atomic mass is 35.5. The van der Waals surface area contributed by atoms with Gasteiger partial charge >= 0.3 is 0 Å². The molecule has 1 rings (SSSR count). The van der Waals surface area contributed by atoms with Gasteiger partial charge in [-0.3, -0.25) is 0 Å². The van der Waals surface area contributed by atoms with Crippen molar-refractivity contribution in [2.45, 2.75) is 33.3 Å². The lowest BCUT2D eigenvalue weighted by Crippen LogP contribution is -2.15. The number of hydrogen-bond donors (Lipinski definition) is 1. The molecular formula is C12H17ClFNO. The minimum Gasteiger partial charge on any atom is -0.488 e. The van der Waals surface area contributed by atoms with Crippen LogP contribution in [-0.2, 0) is 0 Å². The van der Waals surface area contributed by atoms with E-state index in [0.29, 0.717) is 11.7 Å². The minimum absolute atomic E-state index is 0.0287. The normalized spacial score (nSPS) is 12.9. The molecule has 0 saturated carbocycles. The number of nitrogens with two attached hydrogens (primary N) is 1. The van der Waals surface area contributed by atoms with Gasteiger partial charge < -0.3 is 10.5 Å². The van der Waals surface area contributed by atoms with Gasteiger partial charge in [0.05, 0.1) is 16.8 Å². The average Bonchev–Trinajstić information content (AvgIpc) is 2.12. The molecule has 2 N–H and O–H groups in total. The maximum Gasteiger partial charge on any atom is 0.144 e. The molecule has 2 nitrogen and oxygen atoms in total. The number of ether oxygens (including phenoxy) is 1. The molecule has 0 amide bonds. The second kappa shape index (κ2) is 5.39. The smallest absolute Gasteiger partial charge is 0.144 e. The number of benzene rings is 1. The third-order valence-electron chi connectivity index (χ3n) is 2.18. The summed E-state index contributed by atoms with van der Waals surface area (Å²) in [7, 11) is 0. The van der Waals surface area contributed by atoms with Crippen molar-refractivity contribution < 1.29 is 9.13 Å². The second-order valence-corrected chi connectivity index (χ2v) is 4.77. The lowest BCUT2D eigenvalue weighted by molar-refractivity contribution is 0.194. The van der Waals surface area contributed by atoms with Gasteiger partial charge in [-0.1, -0.05) is 25.4 Å². The molecule has 0 saturated heterocycles. The van der Waals surface area contributed by atoms with Crippen LogP contribution in [0, 0.1) is 11.7 Å². The summed E-state index contributed by atoms with van der Waals surface area (Å²) in [5.74, 6) is 0.453. The Morgan fingerprint density at radius 3 is 2.56 bits per heavy atom. The van der Waals surface area contributed by atoms with E-state index < -0.39 is 5.82 Å². The second-order valence-electron chi connectivity index (χ2n) is 4.36. The molecule has 16 heavy (non-hydrogen) atoms. The average molecular weight is 246 g/mol. The quantitative estimate of drug-likeness (QED) is 0.818. The monoisotopic (exact) mass is 245 g/mol. The maximum absolute atomic E-state index is 13.0. The lowest BCUT2D eigenvalue weighted by atomic mass is 10.1. The van der Waals surface area contributed by atoms with Gasteiger partial charge in [0.15, 0.2) is 0 Å². The van der Waals surface area contributed by atoms with E-state index in [1.165, 1.54) is 12.1 Å². The highest BCUT2D eigenvalue weighted by molar-refractivity contribution is 6.31. The molecular weight excluding hydrogens is 229 g/mol. The van der Waals surface area contributed by atoms with Crippen molar-refractivity contribution in [1.82, 2.24) is 0 Å². The first-order valence-corrected chi connectivity index (χ1v) is 5.69. The molecule has 0 aliphatic carbocycles. The third-order valence-corrected chi connectivity index (χ3v) is 2.47. The predicted octanol–water partition coefficient (Wildman–Crippen LogP) is 3.87. The van der Waals surface area contributed by atoms with Crippen molar-refractivity contribution in [3.05, 3.63) is 23.0 Å². The fourth-order valence-corrected chi connectivity index (χ4v) is 1.73. The van der Waals surface area contributed by atoms with Gasteiger partial charge in [0, 0.05) is 12.1 Å². The zero-order chi connectivity index (χ0) is 12.3. The molecule has 4 heteroatoms. The largest absolute Gasteiger partial charge is 0.488 e. The first-order valence-electron chi connectivity index (χ1n) is 5.31. The van der Waals surface area contributed by atoms with E-state index in [4.69, 9.17) is 22.1 Å². The predicted molar refractivity (Wildman–Crippen MR) is 65.4 cm³/mol. The fraction of sp³-hybridized carbons (Fsp3) is 0.500. The van der Waals surface area contributed by atoms with Crippen LogP contribution in [0.2, 0.25) is 5.02 Å². The Morgan fingerprint density at radius 1 is 1.38 bits per heavy atom. The van der Waals surface area contributed by atoms with Crippen molar-refractivity contribution in [3.63, 3.8) is 0 Å². The van der Waals surface area contributed by atoms with Crippen molar-refractivity contribution in [2.75, 3.05) is 5.73 Å². The van der Waals surface area contributed by atoms with Crippen LogP contribution < -0.4 is 10.5 Å². The number of halogens is 2. The van der Waals surface area contributed by atoms with Gasteiger partial charge in [-0.2, -0.15) is 0 Å². The summed E-state index contributed by atoms with van der Waals surface area (Å²) in [5, 5.41) is 0.0287. The zero-order valence-electron chi connectivity index (χ0n) is 9.76. The Hall–Kier alpha value is -0.960. The Bertz CT molecular complexity index is 368. The Morgan fingerprint density at radius 2 is 2.00 bits per heavy atom. The van der Waals surface area contributed by atoms with Crippen LogP contribution in [0.25, 0.3) is 0 Å². The molecule has 0 aliphatic rings. The molecule has 1 atom stereocenters. The molecule has 1 aromatic rings. The van der Waals surface area contributed by atoms with Crippen molar-refractivity contribution >= 4 is 17.3 Å². The highest BCUT2D eigenvalue weighted by Crippen LogP contribution is 2.29. The topological polar surface area (TPSA) is 35.2 Å². The summed E-state index contributed by atoms with van der Waals surface area (Å²) in [5.41, 5.74) is 5.92. The summed E-state index contributed by atoms with van der Waals surface area (Å²) >= 11 is 5.66. The molecule has 0 radical (unpaired) electrons. The Balaban J connectivity index is 2.77. The standard InChI is InChI=1S/C12H17ClFNO/c1-7(2)4-8(3)16-12-5-9(13)10(14)6-11(12)15/h5-8H,4,15H2,1-3H3. The van der Waals surface area contributed by atoms with Gasteiger partial charge in [-0.05, 0) is 19.3 Å². The van der Waals surface area contributed by atoms with Crippen LogP contribution in [-0.4, -0.2) is 6.10 Å². The molecule has 0 bridgehead atoms. The highest BCUT2D eigenvalue weighted by Gasteiger charge is 2.11. The fourth-order valence-electron chi connectivity index (χ4n) is 1.57. The molecule has 1 aromatic carbocycles. The lowest BCUT2D eigenvalue weighted by Gasteiger charge is -2.18. The summed E-state index contributed by atoms with van der Waals surface area (Å²) in [6, 6.07) is 2.60. The Labute approximate surface area is 101 Å². The van der Waals surface area contributed by atoms with Gasteiger partial charge in [0.2, 0.25) is 0 Å². The van der Waals surface area contributed by atoms with E-state index >= 15 is 0 Å². The molecule has 0 fully saturated rings.